The van der Waals surface area contributed by atoms with Crippen LogP contribution in [0.25, 0.3) is 0 Å². The maximum atomic E-state index is 15.2. The van der Waals surface area contributed by atoms with Crippen LogP contribution in [0.3, 0.4) is 0 Å². The summed E-state index contributed by atoms with van der Waals surface area (Å²) in [4.78, 5) is 155. The Morgan fingerprint density at radius 3 is 1.26 bits per heavy atom. The van der Waals surface area contributed by atoms with Crippen molar-refractivity contribution in [2.75, 3.05) is 179 Å². The van der Waals surface area contributed by atoms with Crippen LogP contribution in [-0.2, 0) is 80.2 Å². The van der Waals surface area contributed by atoms with E-state index in [0.717, 1.165) is 0 Å². The molecule has 0 aromatic heterocycles. The number of aliphatic hydroxyl groups is 1. The highest BCUT2D eigenvalue weighted by atomic mass is 31.2. The third kappa shape index (κ3) is 41.5. The molecule has 0 saturated carbocycles. The number of amides is 5. The predicted octanol–water partition coefficient (Wildman–Crippen LogP) is -4.43. The van der Waals surface area contributed by atoms with Crippen molar-refractivity contribution in [1.82, 2.24) is 44.4 Å². The molecule has 2 unspecified atom stereocenters. The summed E-state index contributed by atoms with van der Waals surface area (Å²) in [6.45, 7) is 6.15. The largest absolute Gasteiger partial charge is 0.447 e. The van der Waals surface area contributed by atoms with E-state index in [1.165, 1.54) is 26.1 Å². The minimum atomic E-state index is -3.90. The van der Waals surface area contributed by atoms with Gasteiger partial charge in [-0.1, -0.05) is 0 Å². The first-order chi connectivity index (χ1) is 56.3. The molecule has 3 rings (SSSR count). The molecular weight excluding hydrogens is 1600 g/mol. The minimum absolute atomic E-state index is 0.0136. The number of guanidine groups is 6. The monoisotopic (exact) mass is 1730 g/mol. The van der Waals surface area contributed by atoms with Crippen LogP contribution in [0.15, 0.2) is 30.0 Å². The summed E-state index contributed by atoms with van der Waals surface area (Å²) in [7, 11) is -1.15. The van der Waals surface area contributed by atoms with Gasteiger partial charge >= 0.3 is 21.4 Å². The van der Waals surface area contributed by atoms with Crippen molar-refractivity contribution in [1.29, 1.82) is 0 Å². The van der Waals surface area contributed by atoms with Crippen LogP contribution in [0.4, 0.5) is 4.79 Å². The Bertz CT molecular complexity index is 3460. The fourth-order valence-corrected chi connectivity index (χ4v) is 17.5. The topological polar surface area (TPSA) is 715 Å². The number of piperazine rings is 1. The molecule has 46 nitrogen and oxygen atoms in total. The number of aliphatic imine (C=N–C) groups is 6. The second kappa shape index (κ2) is 56.1. The highest BCUT2D eigenvalue weighted by molar-refractivity contribution is 7.54. The number of rotatable bonds is 60. The average molecular weight is 1730 g/mol. The van der Waals surface area contributed by atoms with Gasteiger partial charge < -0.3 is 132 Å². The van der Waals surface area contributed by atoms with Gasteiger partial charge in [0.05, 0.1) is 89.3 Å². The first kappa shape index (κ1) is 105. The van der Waals surface area contributed by atoms with Crippen molar-refractivity contribution in [2.45, 2.75) is 160 Å². The van der Waals surface area contributed by atoms with Crippen LogP contribution in [0.1, 0.15) is 124 Å². The van der Waals surface area contributed by atoms with Crippen molar-refractivity contribution in [2.24, 2.45) is 122 Å². The molecule has 0 aromatic rings. The lowest BCUT2D eigenvalue weighted by Gasteiger charge is -2.44. The second-order valence-electron chi connectivity index (χ2n) is 29.8. The van der Waals surface area contributed by atoms with Gasteiger partial charge in [-0.25, -0.2) is 23.5 Å². The lowest BCUT2D eigenvalue weighted by molar-refractivity contribution is -0.147. The van der Waals surface area contributed by atoms with Crippen LogP contribution < -0.4 is 84.8 Å². The van der Waals surface area contributed by atoms with Gasteiger partial charge in [-0.3, -0.25) is 77.4 Å². The number of hydrogen-bond acceptors (Lipinski definition) is 25. The van der Waals surface area contributed by atoms with Gasteiger partial charge in [0.15, 0.2) is 47.3 Å². The molecular formula is C71H137N27O19P2. The molecule has 0 aromatic carbocycles. The van der Waals surface area contributed by atoms with Gasteiger partial charge in [-0.2, -0.15) is 0 Å². The Morgan fingerprint density at radius 2 is 0.824 bits per heavy atom. The quantitative estimate of drug-likeness (QED) is 0.0118. The maximum Gasteiger partial charge on any atom is 0.409 e. The molecule has 680 valence electrons. The molecule has 0 bridgehead atoms. The Labute approximate surface area is 697 Å². The summed E-state index contributed by atoms with van der Waals surface area (Å²) in [6, 6.07) is -2.35. The van der Waals surface area contributed by atoms with Crippen LogP contribution in [0, 0.1) is 23.7 Å². The van der Waals surface area contributed by atoms with Gasteiger partial charge in [-0.05, 0) is 119 Å². The zero-order valence-corrected chi connectivity index (χ0v) is 72.1. The molecule has 0 spiro atoms. The first-order valence-corrected chi connectivity index (χ1v) is 43.2. The summed E-state index contributed by atoms with van der Waals surface area (Å²) in [5.41, 5.74) is 67.4. The maximum absolute atomic E-state index is 15.2. The SMILES string of the molecule is CC(=O)N[C@@H](CCCN=C(N)N)C(=O)C[C@@H](CCCN=C(N)N)C(=O)C[C@@H](CCCN=C(N)N)C(=O)C[C@@H](CCCN=C(N)N)C(=O)N[C@@H](CCCN=C(N)N)C(=O)C[C@@H](CCCN=C(N)N)C(=O)NCC(=O)N1C[C@@H](COP(=O)(N(C)C)N2C[C@@H](COP(=O)(N(C)C)N3CCN(C(=O)OCCOCCOCCO)CC3)O[C@@H](C)C2)O[C@@H](C)C1. The molecule has 48 heteroatoms. The number of carbonyl (C=O) groups is 9. The molecule has 3 aliphatic heterocycles. The first-order valence-electron chi connectivity index (χ1n) is 40.2. The summed E-state index contributed by atoms with van der Waals surface area (Å²) in [5.74, 6) is -10.2. The fourth-order valence-electron chi connectivity index (χ4n) is 13.5. The Morgan fingerprint density at radius 1 is 0.454 bits per heavy atom. The third-order valence-corrected chi connectivity index (χ3v) is 24.5. The highest BCUT2D eigenvalue weighted by Crippen LogP contribution is 2.56. The second-order valence-corrected chi connectivity index (χ2v) is 35.0. The molecule has 0 aliphatic carbocycles. The molecule has 3 saturated heterocycles. The van der Waals surface area contributed by atoms with Gasteiger partial charge in [0.2, 0.25) is 23.6 Å². The summed E-state index contributed by atoms with van der Waals surface area (Å²) in [5, 5.41) is 17.0. The highest BCUT2D eigenvalue weighted by Gasteiger charge is 2.45. The minimum Gasteiger partial charge on any atom is -0.447 e. The number of Topliss-reactive ketones (excluding diaryl/α,β-unsaturated/α-hetero) is 4. The smallest absolute Gasteiger partial charge is 0.409 e. The third-order valence-electron chi connectivity index (χ3n) is 19.4. The van der Waals surface area contributed by atoms with Crippen molar-refractivity contribution < 1.29 is 90.1 Å². The molecule has 119 heavy (non-hydrogen) atoms. The molecule has 12 atom stereocenters. The molecule has 5 amide bonds. The lowest BCUT2D eigenvalue weighted by Crippen LogP contribution is -2.53. The number of ketones is 4. The summed E-state index contributed by atoms with van der Waals surface area (Å²) >= 11 is 0. The normalized spacial score (nSPS) is 19.0. The van der Waals surface area contributed by atoms with Crippen molar-refractivity contribution in [3.8, 4) is 0 Å². The van der Waals surface area contributed by atoms with Gasteiger partial charge in [0.25, 0.3) is 0 Å². The van der Waals surface area contributed by atoms with E-state index in [9.17, 15) is 47.7 Å². The predicted molar refractivity (Wildman–Crippen MR) is 449 cm³/mol. The van der Waals surface area contributed by atoms with Crippen LogP contribution >= 0.6 is 15.3 Å². The van der Waals surface area contributed by atoms with E-state index in [1.807, 2.05) is 0 Å². The number of morpholine rings is 2. The van der Waals surface area contributed by atoms with E-state index in [0.29, 0.717) is 6.42 Å². The Balaban J connectivity index is 1.87. The van der Waals surface area contributed by atoms with Crippen LogP contribution in [-0.4, -0.2) is 338 Å². The van der Waals surface area contributed by atoms with E-state index in [2.05, 4.69) is 45.9 Å². The van der Waals surface area contributed by atoms with Gasteiger partial charge in [0, 0.05) is 148 Å². The molecule has 3 heterocycles. The van der Waals surface area contributed by atoms with Crippen LogP contribution in [0.2, 0.25) is 0 Å². The van der Waals surface area contributed by atoms with Crippen molar-refractivity contribution in [3.63, 3.8) is 0 Å². The Kier molecular flexibility index (Phi) is 49.4. The number of hydrogen-bond donors (Lipinski definition) is 16. The number of nitrogens with two attached hydrogens (primary N) is 12. The summed E-state index contributed by atoms with van der Waals surface area (Å²) < 4.78 is 77.2. The average Bonchev–Trinajstić information content (AvgIpc) is 0.791. The standard InChI is InChI=1S/C71H137N27O19P2/c1-47-41-96(43-54(116-47)45-115-119(110,94(6)7)98-42-48(2)117-55(44-98)46-114-118(109,93(4)5)97-28-26-95(27-29-97)71(108)113-35-34-112-33-32-111-31-30-99)62(105)40-90-63(106)52(16-10-22-86-67(76)77)39-61(104)57(19-13-25-89-70(82)83)92-64(107)53(17-11-23-87-68(78)79)38-59(102)50(14-8-20-84-65(72)73)36-58(101)51(15-9-21-85-66(74)75)37-60(103)56(91-49(3)100)18-12-24-88-69(80)81/h47-48,50-57,99H,8-46H2,1-7H3,(H,90,106)(H,91,100)(H,92,107)(H4,72,73,84)(H4,74,75,85)(H4,76,77,86)(H4,78,79,87)(H4,80,81,88)(H4,82,83,89)/t47-,48-,50+,51+,52+,53+,54-,55-,56-,57-,118?,119?/m0/s1. The van der Waals surface area contributed by atoms with Crippen molar-refractivity contribution in [3.05, 3.63) is 0 Å². The van der Waals surface area contributed by atoms with E-state index < -0.39 is 154 Å². The van der Waals surface area contributed by atoms with E-state index in [4.69, 9.17) is 107 Å². The fraction of sp³-hybridized carbons (Fsp3) is 0.789. The number of ether oxygens (including phenoxy) is 5. The molecule has 28 N–H and O–H groups in total. The zero-order chi connectivity index (χ0) is 88.8. The molecule has 0 radical (unpaired) electrons. The molecule has 3 aliphatic rings. The lowest BCUT2D eigenvalue weighted by atomic mass is 9.81. The van der Waals surface area contributed by atoms with Gasteiger partial charge in [-0.15, -0.1) is 0 Å². The molecule has 3 fully saturated rings. The van der Waals surface area contributed by atoms with Crippen LogP contribution in [0.5, 0.6) is 0 Å². The van der Waals surface area contributed by atoms with E-state index in [1.54, 1.807) is 51.4 Å². The number of nitrogens with one attached hydrogen (secondary N) is 3. The van der Waals surface area contributed by atoms with Crippen molar-refractivity contribution >= 4 is 104 Å². The number of carbonyl (C=O) groups excluding carboxylic acids is 9. The Hall–Kier alpha value is -8.53. The number of aliphatic hydroxyl groups excluding tert-OH is 1. The van der Waals surface area contributed by atoms with E-state index in [-0.39, 0.29) is 257 Å². The zero-order valence-electron chi connectivity index (χ0n) is 70.3. The summed E-state index contributed by atoms with van der Waals surface area (Å²) in [6.07, 6.45) is -3.43. The van der Waals surface area contributed by atoms with E-state index >= 15 is 4.57 Å². The number of nitrogens with zero attached hydrogens (tertiary/aromatic N) is 12. The van der Waals surface area contributed by atoms with Gasteiger partial charge in [0.1, 0.15) is 18.2 Å².